The fourth-order valence-electron chi connectivity index (χ4n) is 1.82. The Bertz CT molecular complexity index is 682. The lowest BCUT2D eigenvalue weighted by molar-refractivity contribution is 0.304. The SMILES string of the molecule is Cc1ccc(CS(=O)(=O)Cl)cc1OCc1ccccc1. The number of rotatable bonds is 5. The molecule has 3 nitrogen and oxygen atoms in total. The van der Waals surface area contributed by atoms with Crippen LogP contribution in [0.5, 0.6) is 5.75 Å². The van der Waals surface area contributed by atoms with Gasteiger partial charge in [0.2, 0.25) is 9.05 Å². The van der Waals surface area contributed by atoms with Crippen LogP contribution in [-0.2, 0) is 21.4 Å². The van der Waals surface area contributed by atoms with Crippen LogP contribution in [0.25, 0.3) is 0 Å². The topological polar surface area (TPSA) is 43.4 Å². The first-order valence-corrected chi connectivity index (χ1v) is 8.60. The van der Waals surface area contributed by atoms with Gasteiger partial charge in [-0.25, -0.2) is 8.42 Å². The minimum Gasteiger partial charge on any atom is -0.489 e. The molecule has 0 aromatic heterocycles. The van der Waals surface area contributed by atoms with Crippen LogP contribution in [0.15, 0.2) is 48.5 Å². The standard InChI is InChI=1S/C15H15ClO3S/c1-12-7-8-14(11-20(16,17)18)9-15(12)19-10-13-5-3-2-4-6-13/h2-9H,10-11H2,1H3. The molecule has 2 aromatic carbocycles. The van der Waals surface area contributed by atoms with E-state index in [9.17, 15) is 8.42 Å². The van der Waals surface area contributed by atoms with Gasteiger partial charge in [-0.1, -0.05) is 42.5 Å². The largest absolute Gasteiger partial charge is 0.489 e. The lowest BCUT2D eigenvalue weighted by Crippen LogP contribution is -2.00. The van der Waals surface area contributed by atoms with Gasteiger partial charge in [-0.3, -0.25) is 0 Å². The van der Waals surface area contributed by atoms with Crippen molar-refractivity contribution in [2.24, 2.45) is 0 Å². The number of aryl methyl sites for hydroxylation is 1. The van der Waals surface area contributed by atoms with E-state index in [0.717, 1.165) is 11.1 Å². The predicted molar refractivity (Wildman–Crippen MR) is 80.4 cm³/mol. The lowest BCUT2D eigenvalue weighted by Gasteiger charge is -2.10. The molecule has 0 spiro atoms. The molecule has 0 heterocycles. The highest BCUT2D eigenvalue weighted by atomic mass is 35.7. The number of hydrogen-bond donors (Lipinski definition) is 0. The summed E-state index contributed by atoms with van der Waals surface area (Å²) < 4.78 is 27.9. The van der Waals surface area contributed by atoms with Gasteiger partial charge in [-0.2, -0.15) is 0 Å². The molecule has 0 fully saturated rings. The molecular weight excluding hydrogens is 296 g/mol. The zero-order chi connectivity index (χ0) is 14.6. The molecule has 0 atom stereocenters. The van der Waals surface area contributed by atoms with Crippen LogP contribution >= 0.6 is 10.7 Å². The summed E-state index contributed by atoms with van der Waals surface area (Å²) in [4.78, 5) is 0. The van der Waals surface area contributed by atoms with Gasteiger partial charge in [0, 0.05) is 10.7 Å². The zero-order valence-corrected chi connectivity index (χ0v) is 12.6. The highest BCUT2D eigenvalue weighted by molar-refractivity contribution is 8.13. The third-order valence-electron chi connectivity index (χ3n) is 2.83. The molecule has 2 aromatic rings. The molecule has 0 bridgehead atoms. The molecule has 5 heteroatoms. The zero-order valence-electron chi connectivity index (χ0n) is 11.0. The predicted octanol–water partition coefficient (Wildman–Crippen LogP) is 3.64. The first-order chi connectivity index (χ1) is 9.44. The van der Waals surface area contributed by atoms with E-state index in [4.69, 9.17) is 15.4 Å². The third-order valence-corrected chi connectivity index (χ3v) is 3.83. The molecule has 2 rings (SSSR count). The van der Waals surface area contributed by atoms with Gasteiger partial charge < -0.3 is 4.74 Å². The molecule has 20 heavy (non-hydrogen) atoms. The van der Waals surface area contributed by atoms with Crippen molar-refractivity contribution in [1.29, 1.82) is 0 Å². The smallest absolute Gasteiger partial charge is 0.236 e. The molecule has 0 aliphatic carbocycles. The van der Waals surface area contributed by atoms with E-state index < -0.39 is 9.05 Å². The van der Waals surface area contributed by atoms with Crippen LogP contribution in [0.1, 0.15) is 16.7 Å². The van der Waals surface area contributed by atoms with Crippen LogP contribution < -0.4 is 4.74 Å². The minimum absolute atomic E-state index is 0.198. The van der Waals surface area contributed by atoms with Crippen LogP contribution in [0.3, 0.4) is 0 Å². The summed E-state index contributed by atoms with van der Waals surface area (Å²) in [7, 11) is 1.71. The molecular formula is C15H15ClO3S. The summed E-state index contributed by atoms with van der Waals surface area (Å²) in [6.45, 7) is 2.36. The van der Waals surface area contributed by atoms with E-state index >= 15 is 0 Å². The summed E-state index contributed by atoms with van der Waals surface area (Å²) in [5, 5.41) is 0. The van der Waals surface area contributed by atoms with E-state index in [0.29, 0.717) is 17.9 Å². The molecule has 0 N–H and O–H groups in total. The van der Waals surface area contributed by atoms with Crippen molar-refractivity contribution in [3.8, 4) is 5.75 Å². The van der Waals surface area contributed by atoms with E-state index in [2.05, 4.69) is 0 Å². The van der Waals surface area contributed by atoms with Crippen molar-refractivity contribution >= 4 is 19.7 Å². The summed E-state index contributed by atoms with van der Waals surface area (Å²) >= 11 is 0. The van der Waals surface area contributed by atoms with Crippen molar-refractivity contribution in [2.75, 3.05) is 0 Å². The van der Waals surface area contributed by atoms with E-state index in [-0.39, 0.29) is 5.75 Å². The fraction of sp³-hybridized carbons (Fsp3) is 0.200. The molecule has 0 amide bonds. The first kappa shape index (κ1) is 14.9. The summed E-state index contributed by atoms with van der Waals surface area (Å²) in [6.07, 6.45) is 0. The normalized spacial score (nSPS) is 11.3. The quantitative estimate of drug-likeness (QED) is 0.792. The second-order valence-electron chi connectivity index (χ2n) is 4.56. The van der Waals surface area contributed by atoms with E-state index in [1.807, 2.05) is 43.3 Å². The Hall–Kier alpha value is -1.52. The number of ether oxygens (including phenoxy) is 1. The lowest BCUT2D eigenvalue weighted by atomic mass is 10.1. The third kappa shape index (κ3) is 4.54. The summed E-state index contributed by atoms with van der Waals surface area (Å²) in [5.41, 5.74) is 2.63. The Morgan fingerprint density at radius 3 is 2.40 bits per heavy atom. The average Bonchev–Trinajstić information content (AvgIpc) is 2.39. The van der Waals surface area contributed by atoms with Crippen LogP contribution in [0.2, 0.25) is 0 Å². The number of benzene rings is 2. The second-order valence-corrected chi connectivity index (χ2v) is 7.33. The number of halogens is 1. The van der Waals surface area contributed by atoms with Gasteiger partial charge in [-0.15, -0.1) is 0 Å². The molecule has 0 unspecified atom stereocenters. The minimum atomic E-state index is -3.56. The van der Waals surface area contributed by atoms with Gasteiger partial charge in [-0.05, 0) is 29.7 Å². The van der Waals surface area contributed by atoms with Crippen molar-refractivity contribution in [1.82, 2.24) is 0 Å². The van der Waals surface area contributed by atoms with Gasteiger partial charge in [0.1, 0.15) is 12.4 Å². The maximum absolute atomic E-state index is 11.1. The maximum Gasteiger partial charge on any atom is 0.236 e. The maximum atomic E-state index is 11.1. The van der Waals surface area contributed by atoms with Gasteiger partial charge in [0.25, 0.3) is 0 Å². The summed E-state index contributed by atoms with van der Waals surface area (Å²) in [6, 6.07) is 15.1. The molecule has 0 aliphatic rings. The van der Waals surface area contributed by atoms with Crippen molar-refractivity contribution < 1.29 is 13.2 Å². The molecule has 0 radical (unpaired) electrons. The van der Waals surface area contributed by atoms with Gasteiger partial charge >= 0.3 is 0 Å². The van der Waals surface area contributed by atoms with E-state index in [1.54, 1.807) is 12.1 Å². The van der Waals surface area contributed by atoms with Gasteiger partial charge in [0.05, 0.1) is 5.75 Å². The Labute approximate surface area is 123 Å². The molecule has 106 valence electrons. The molecule has 0 aliphatic heterocycles. The first-order valence-electron chi connectivity index (χ1n) is 6.12. The van der Waals surface area contributed by atoms with Crippen LogP contribution in [-0.4, -0.2) is 8.42 Å². The average molecular weight is 311 g/mol. The van der Waals surface area contributed by atoms with Crippen molar-refractivity contribution in [2.45, 2.75) is 19.3 Å². The second kappa shape index (κ2) is 6.29. The van der Waals surface area contributed by atoms with E-state index in [1.165, 1.54) is 0 Å². The monoisotopic (exact) mass is 310 g/mol. The number of hydrogen-bond acceptors (Lipinski definition) is 3. The fourth-order valence-corrected chi connectivity index (χ4v) is 2.78. The Kier molecular flexibility index (Phi) is 4.68. The molecule has 0 saturated heterocycles. The Morgan fingerprint density at radius 2 is 1.75 bits per heavy atom. The van der Waals surface area contributed by atoms with Crippen LogP contribution in [0.4, 0.5) is 0 Å². The van der Waals surface area contributed by atoms with Crippen LogP contribution in [0, 0.1) is 6.92 Å². The highest BCUT2D eigenvalue weighted by Crippen LogP contribution is 2.22. The highest BCUT2D eigenvalue weighted by Gasteiger charge is 2.09. The van der Waals surface area contributed by atoms with Gasteiger partial charge in [0.15, 0.2) is 0 Å². The summed E-state index contributed by atoms with van der Waals surface area (Å²) in [5.74, 6) is 0.475. The molecule has 0 saturated carbocycles. The van der Waals surface area contributed by atoms with Crippen molar-refractivity contribution in [3.63, 3.8) is 0 Å². The van der Waals surface area contributed by atoms with Crippen molar-refractivity contribution in [3.05, 3.63) is 65.2 Å². The Balaban J connectivity index is 2.13. The Morgan fingerprint density at radius 1 is 1.05 bits per heavy atom.